The summed E-state index contributed by atoms with van der Waals surface area (Å²) in [6, 6.07) is 2.30. The second kappa shape index (κ2) is 6.61. The van der Waals surface area contributed by atoms with Crippen LogP contribution in [0.4, 0.5) is 0 Å². The minimum absolute atomic E-state index is 0.0644. The minimum atomic E-state index is -0.778. The van der Waals surface area contributed by atoms with E-state index in [4.69, 9.17) is 4.74 Å². The average molecular weight is 238 g/mol. The van der Waals surface area contributed by atoms with Crippen molar-refractivity contribution in [3.05, 3.63) is 0 Å². The number of hydrogen-bond acceptors (Lipinski definition) is 3. The van der Waals surface area contributed by atoms with Gasteiger partial charge in [-0.15, -0.1) is 0 Å². The van der Waals surface area contributed by atoms with Crippen LogP contribution in [0.3, 0.4) is 0 Å². The van der Waals surface area contributed by atoms with Crippen LogP contribution in [-0.4, -0.2) is 25.7 Å². The van der Waals surface area contributed by atoms with E-state index in [1.807, 2.05) is 6.92 Å². The summed E-state index contributed by atoms with van der Waals surface area (Å²) in [7, 11) is 1.65. The minimum Gasteiger partial charge on any atom is -0.385 e. The lowest BCUT2D eigenvalue weighted by molar-refractivity contribution is -0.130. The van der Waals surface area contributed by atoms with Crippen LogP contribution < -0.4 is 5.32 Å². The Morgan fingerprint density at radius 1 is 1.47 bits per heavy atom. The molecule has 1 aliphatic carbocycles. The second-order valence-corrected chi connectivity index (χ2v) is 4.91. The number of rotatable bonds is 5. The number of amides is 1. The topological polar surface area (TPSA) is 62.1 Å². The highest BCUT2D eigenvalue weighted by molar-refractivity contribution is 5.85. The summed E-state index contributed by atoms with van der Waals surface area (Å²) in [6.07, 6.45) is 5.28. The molecule has 0 aliphatic heterocycles. The molecule has 1 rings (SSSR count). The number of methoxy groups -OCH3 is 1. The highest BCUT2D eigenvalue weighted by Gasteiger charge is 2.40. The molecule has 0 heterocycles. The zero-order valence-corrected chi connectivity index (χ0v) is 10.8. The molecule has 1 atom stereocenters. The summed E-state index contributed by atoms with van der Waals surface area (Å²) >= 11 is 0. The maximum atomic E-state index is 12.2. The Morgan fingerprint density at radius 2 is 2.12 bits per heavy atom. The Bertz CT molecular complexity index is 290. The number of hydrogen-bond donors (Lipinski definition) is 1. The van der Waals surface area contributed by atoms with Gasteiger partial charge in [0.05, 0.1) is 6.07 Å². The molecule has 4 heteroatoms. The standard InChI is InChI=1S/C13H22N2O2/c1-11(6-9-17-2)15-12(16)13(10-14)7-4-3-5-8-13/h11H,3-9H2,1-2H3,(H,15,16). The van der Waals surface area contributed by atoms with E-state index in [2.05, 4.69) is 11.4 Å². The number of nitrogens with one attached hydrogen (secondary N) is 1. The fourth-order valence-corrected chi connectivity index (χ4v) is 2.27. The van der Waals surface area contributed by atoms with Gasteiger partial charge in [0, 0.05) is 19.8 Å². The lowest BCUT2D eigenvalue weighted by atomic mass is 9.74. The zero-order valence-electron chi connectivity index (χ0n) is 10.8. The van der Waals surface area contributed by atoms with E-state index in [9.17, 15) is 10.1 Å². The van der Waals surface area contributed by atoms with Crippen molar-refractivity contribution in [3.8, 4) is 6.07 Å². The van der Waals surface area contributed by atoms with Gasteiger partial charge in [-0.2, -0.15) is 5.26 Å². The summed E-state index contributed by atoms with van der Waals surface area (Å²) in [6.45, 7) is 2.58. The summed E-state index contributed by atoms with van der Waals surface area (Å²) in [4.78, 5) is 12.2. The predicted molar refractivity (Wildman–Crippen MR) is 65.2 cm³/mol. The van der Waals surface area contributed by atoms with Crippen LogP contribution in [0.5, 0.6) is 0 Å². The first-order valence-corrected chi connectivity index (χ1v) is 6.36. The molecule has 0 aromatic heterocycles. The molecule has 0 radical (unpaired) electrons. The molecule has 4 nitrogen and oxygen atoms in total. The Balaban J connectivity index is 2.52. The van der Waals surface area contributed by atoms with Gasteiger partial charge in [-0.05, 0) is 26.2 Å². The smallest absolute Gasteiger partial charge is 0.240 e. The van der Waals surface area contributed by atoms with Crippen molar-refractivity contribution in [2.75, 3.05) is 13.7 Å². The molecule has 0 aromatic rings. The van der Waals surface area contributed by atoms with Crippen molar-refractivity contribution in [2.24, 2.45) is 5.41 Å². The van der Waals surface area contributed by atoms with E-state index in [0.717, 1.165) is 25.7 Å². The summed E-state index contributed by atoms with van der Waals surface area (Å²) < 4.78 is 4.97. The molecular formula is C13H22N2O2. The molecule has 0 aromatic carbocycles. The first kappa shape index (κ1) is 14.0. The SMILES string of the molecule is COCCC(C)NC(=O)C1(C#N)CCCCC1. The van der Waals surface area contributed by atoms with Gasteiger partial charge in [0.25, 0.3) is 0 Å². The maximum absolute atomic E-state index is 12.2. The van der Waals surface area contributed by atoms with Gasteiger partial charge < -0.3 is 10.1 Å². The Hall–Kier alpha value is -1.08. The molecule has 17 heavy (non-hydrogen) atoms. The van der Waals surface area contributed by atoms with Gasteiger partial charge in [0.1, 0.15) is 5.41 Å². The van der Waals surface area contributed by atoms with Crippen molar-refractivity contribution in [1.29, 1.82) is 5.26 Å². The third-order valence-electron chi connectivity index (χ3n) is 3.49. The van der Waals surface area contributed by atoms with Crippen molar-refractivity contribution in [1.82, 2.24) is 5.32 Å². The average Bonchev–Trinajstić information content (AvgIpc) is 2.37. The van der Waals surface area contributed by atoms with Crippen molar-refractivity contribution in [2.45, 2.75) is 51.5 Å². The van der Waals surface area contributed by atoms with Gasteiger partial charge in [-0.25, -0.2) is 0 Å². The van der Waals surface area contributed by atoms with E-state index in [1.165, 1.54) is 0 Å². The predicted octanol–water partition coefficient (Wildman–Crippen LogP) is 2.00. The number of ether oxygens (including phenoxy) is 1. The van der Waals surface area contributed by atoms with Gasteiger partial charge in [0.2, 0.25) is 5.91 Å². The van der Waals surface area contributed by atoms with E-state index >= 15 is 0 Å². The Labute approximate surface area is 103 Å². The molecule has 1 saturated carbocycles. The molecule has 0 bridgehead atoms. The lowest BCUT2D eigenvalue weighted by Crippen LogP contribution is -2.45. The zero-order chi connectivity index (χ0) is 12.7. The highest BCUT2D eigenvalue weighted by Crippen LogP contribution is 2.35. The molecule has 1 aliphatic rings. The van der Waals surface area contributed by atoms with E-state index in [0.29, 0.717) is 19.4 Å². The first-order valence-electron chi connectivity index (χ1n) is 6.36. The molecule has 96 valence electrons. The molecule has 0 spiro atoms. The van der Waals surface area contributed by atoms with Crippen LogP contribution >= 0.6 is 0 Å². The van der Waals surface area contributed by atoms with E-state index in [-0.39, 0.29) is 11.9 Å². The molecule has 1 amide bonds. The third-order valence-corrected chi connectivity index (χ3v) is 3.49. The highest BCUT2D eigenvalue weighted by atomic mass is 16.5. The summed E-state index contributed by atoms with van der Waals surface area (Å²) in [5.74, 6) is -0.0942. The Kier molecular flexibility index (Phi) is 5.43. The summed E-state index contributed by atoms with van der Waals surface area (Å²) in [5, 5.41) is 12.2. The second-order valence-electron chi connectivity index (χ2n) is 4.91. The first-order chi connectivity index (χ1) is 8.14. The summed E-state index contributed by atoms with van der Waals surface area (Å²) in [5.41, 5.74) is -0.778. The Morgan fingerprint density at radius 3 is 2.65 bits per heavy atom. The molecule has 0 saturated heterocycles. The number of carbonyl (C=O) groups excluding carboxylic acids is 1. The largest absolute Gasteiger partial charge is 0.385 e. The number of nitrogens with zero attached hydrogens (tertiary/aromatic N) is 1. The molecule has 1 unspecified atom stereocenters. The maximum Gasteiger partial charge on any atom is 0.240 e. The third kappa shape index (κ3) is 3.71. The van der Waals surface area contributed by atoms with Crippen LogP contribution in [0.1, 0.15) is 45.4 Å². The monoisotopic (exact) mass is 238 g/mol. The van der Waals surface area contributed by atoms with E-state index < -0.39 is 5.41 Å². The normalized spacial score (nSPS) is 20.3. The molecule has 1 fully saturated rings. The fourth-order valence-electron chi connectivity index (χ4n) is 2.27. The van der Waals surface area contributed by atoms with Crippen LogP contribution in [0.15, 0.2) is 0 Å². The van der Waals surface area contributed by atoms with Crippen LogP contribution in [0, 0.1) is 16.7 Å². The molecular weight excluding hydrogens is 216 g/mol. The fraction of sp³-hybridized carbons (Fsp3) is 0.846. The number of nitriles is 1. The van der Waals surface area contributed by atoms with Crippen molar-refractivity contribution in [3.63, 3.8) is 0 Å². The quantitative estimate of drug-likeness (QED) is 0.796. The van der Waals surface area contributed by atoms with Crippen molar-refractivity contribution < 1.29 is 9.53 Å². The van der Waals surface area contributed by atoms with Gasteiger partial charge in [-0.1, -0.05) is 19.3 Å². The van der Waals surface area contributed by atoms with Gasteiger partial charge in [-0.3, -0.25) is 4.79 Å². The van der Waals surface area contributed by atoms with Gasteiger partial charge >= 0.3 is 0 Å². The van der Waals surface area contributed by atoms with Crippen LogP contribution in [-0.2, 0) is 9.53 Å². The van der Waals surface area contributed by atoms with Crippen LogP contribution in [0.2, 0.25) is 0 Å². The molecule has 1 N–H and O–H groups in total. The lowest BCUT2D eigenvalue weighted by Gasteiger charge is -2.30. The van der Waals surface area contributed by atoms with Gasteiger partial charge in [0.15, 0.2) is 0 Å². The van der Waals surface area contributed by atoms with E-state index in [1.54, 1.807) is 7.11 Å². The number of carbonyl (C=O) groups is 1. The van der Waals surface area contributed by atoms with Crippen LogP contribution in [0.25, 0.3) is 0 Å². The van der Waals surface area contributed by atoms with Crippen molar-refractivity contribution >= 4 is 5.91 Å².